The van der Waals surface area contributed by atoms with Gasteiger partial charge in [0.05, 0.1) is 12.0 Å². The van der Waals surface area contributed by atoms with Crippen LogP contribution in [0.5, 0.6) is 5.75 Å². The van der Waals surface area contributed by atoms with Crippen LogP contribution in [0.2, 0.25) is 0 Å². The summed E-state index contributed by atoms with van der Waals surface area (Å²) < 4.78 is 18.0. The standard InChI is InChI=1S/C14H17FN2O2/c1-3-17(9-11(2)8-16)14(18)10-19-13-6-4-12(15)5-7-13/h4-7,11H,3,9-10H2,1-2H3/t11-/m1/s1. The molecule has 0 aliphatic heterocycles. The van der Waals surface area contributed by atoms with Crippen molar-refractivity contribution in [2.24, 2.45) is 5.92 Å². The van der Waals surface area contributed by atoms with Gasteiger partial charge in [-0.05, 0) is 38.1 Å². The SMILES string of the molecule is CCN(C[C@H](C)C#N)C(=O)COc1ccc(F)cc1. The van der Waals surface area contributed by atoms with Gasteiger partial charge in [0, 0.05) is 13.1 Å². The minimum absolute atomic E-state index is 0.113. The number of amides is 1. The lowest BCUT2D eigenvalue weighted by Crippen LogP contribution is -2.37. The molecule has 0 N–H and O–H groups in total. The molecule has 102 valence electrons. The van der Waals surface area contributed by atoms with E-state index in [1.54, 1.807) is 11.8 Å². The van der Waals surface area contributed by atoms with Crippen molar-refractivity contribution in [3.05, 3.63) is 30.1 Å². The zero-order chi connectivity index (χ0) is 14.3. The number of halogens is 1. The van der Waals surface area contributed by atoms with Crippen LogP contribution in [0.1, 0.15) is 13.8 Å². The van der Waals surface area contributed by atoms with E-state index in [9.17, 15) is 9.18 Å². The summed E-state index contributed by atoms with van der Waals surface area (Å²) in [7, 11) is 0. The van der Waals surface area contributed by atoms with Gasteiger partial charge in [-0.15, -0.1) is 0 Å². The van der Waals surface area contributed by atoms with Gasteiger partial charge in [-0.2, -0.15) is 5.26 Å². The fraction of sp³-hybridized carbons (Fsp3) is 0.429. The van der Waals surface area contributed by atoms with E-state index >= 15 is 0 Å². The molecule has 19 heavy (non-hydrogen) atoms. The van der Waals surface area contributed by atoms with E-state index in [1.807, 2.05) is 6.92 Å². The van der Waals surface area contributed by atoms with Crippen LogP contribution >= 0.6 is 0 Å². The highest BCUT2D eigenvalue weighted by atomic mass is 19.1. The second kappa shape index (κ2) is 7.37. The minimum Gasteiger partial charge on any atom is -0.484 e. The Hall–Kier alpha value is -2.09. The highest BCUT2D eigenvalue weighted by molar-refractivity contribution is 5.77. The van der Waals surface area contributed by atoms with E-state index in [1.165, 1.54) is 24.3 Å². The van der Waals surface area contributed by atoms with Crippen LogP contribution in [0.15, 0.2) is 24.3 Å². The number of carbonyl (C=O) groups is 1. The van der Waals surface area contributed by atoms with Crippen molar-refractivity contribution >= 4 is 5.91 Å². The lowest BCUT2D eigenvalue weighted by molar-refractivity contribution is -0.133. The molecule has 0 saturated carbocycles. The molecule has 0 heterocycles. The van der Waals surface area contributed by atoms with Crippen LogP contribution in [-0.4, -0.2) is 30.5 Å². The van der Waals surface area contributed by atoms with E-state index in [4.69, 9.17) is 10.00 Å². The predicted octanol–water partition coefficient (Wildman–Crippen LogP) is 2.21. The van der Waals surface area contributed by atoms with Crippen molar-refractivity contribution in [3.8, 4) is 11.8 Å². The summed E-state index contributed by atoms with van der Waals surface area (Å²) in [5.41, 5.74) is 0. The molecular weight excluding hydrogens is 247 g/mol. The lowest BCUT2D eigenvalue weighted by atomic mass is 10.2. The molecule has 0 saturated heterocycles. The molecular formula is C14H17FN2O2. The highest BCUT2D eigenvalue weighted by Gasteiger charge is 2.15. The summed E-state index contributed by atoms with van der Waals surface area (Å²) in [4.78, 5) is 13.5. The van der Waals surface area contributed by atoms with Crippen LogP contribution in [0, 0.1) is 23.1 Å². The highest BCUT2D eigenvalue weighted by Crippen LogP contribution is 2.11. The summed E-state index contributed by atoms with van der Waals surface area (Å²) in [6.45, 7) is 4.41. The largest absolute Gasteiger partial charge is 0.484 e. The first-order valence-electron chi connectivity index (χ1n) is 6.12. The summed E-state index contributed by atoms with van der Waals surface area (Å²) in [6.07, 6.45) is 0. The Balaban J connectivity index is 2.49. The maximum absolute atomic E-state index is 12.7. The van der Waals surface area contributed by atoms with Gasteiger partial charge in [0.25, 0.3) is 5.91 Å². The Morgan fingerprint density at radius 1 is 1.47 bits per heavy atom. The van der Waals surface area contributed by atoms with Crippen LogP contribution < -0.4 is 4.74 Å². The van der Waals surface area contributed by atoms with E-state index in [2.05, 4.69) is 6.07 Å². The van der Waals surface area contributed by atoms with E-state index in [0.29, 0.717) is 18.8 Å². The topological polar surface area (TPSA) is 53.3 Å². The molecule has 1 aromatic carbocycles. The molecule has 1 rings (SSSR count). The maximum Gasteiger partial charge on any atom is 0.260 e. The minimum atomic E-state index is -0.350. The van der Waals surface area contributed by atoms with E-state index in [0.717, 1.165) is 0 Å². The number of benzene rings is 1. The Labute approximate surface area is 112 Å². The van der Waals surface area contributed by atoms with Gasteiger partial charge >= 0.3 is 0 Å². The van der Waals surface area contributed by atoms with Gasteiger partial charge < -0.3 is 9.64 Å². The number of nitrogens with zero attached hydrogens (tertiary/aromatic N) is 2. The number of likely N-dealkylation sites (N-methyl/N-ethyl adjacent to an activating group) is 1. The number of rotatable bonds is 6. The predicted molar refractivity (Wildman–Crippen MR) is 68.9 cm³/mol. The summed E-state index contributed by atoms with van der Waals surface area (Å²) >= 11 is 0. The number of hydrogen-bond acceptors (Lipinski definition) is 3. The van der Waals surface area contributed by atoms with Gasteiger partial charge in [0.2, 0.25) is 0 Å². The summed E-state index contributed by atoms with van der Waals surface area (Å²) in [5.74, 6) is -0.306. The molecule has 4 nitrogen and oxygen atoms in total. The van der Waals surface area contributed by atoms with Crippen LogP contribution in [0.3, 0.4) is 0 Å². The van der Waals surface area contributed by atoms with Crippen molar-refractivity contribution in [2.45, 2.75) is 13.8 Å². The molecule has 0 radical (unpaired) electrons. The summed E-state index contributed by atoms with van der Waals surface area (Å²) in [6, 6.07) is 7.57. The summed E-state index contributed by atoms with van der Waals surface area (Å²) in [5, 5.41) is 8.74. The fourth-order valence-corrected chi connectivity index (χ4v) is 1.55. The molecule has 1 aromatic rings. The van der Waals surface area contributed by atoms with E-state index < -0.39 is 0 Å². The van der Waals surface area contributed by atoms with Crippen LogP contribution in [0.25, 0.3) is 0 Å². The monoisotopic (exact) mass is 264 g/mol. The quantitative estimate of drug-likeness (QED) is 0.791. The first-order chi connectivity index (χ1) is 9.06. The average molecular weight is 264 g/mol. The zero-order valence-electron chi connectivity index (χ0n) is 11.1. The fourth-order valence-electron chi connectivity index (χ4n) is 1.55. The normalized spacial score (nSPS) is 11.5. The average Bonchev–Trinajstić information content (AvgIpc) is 2.43. The first kappa shape index (κ1) is 15.0. The van der Waals surface area contributed by atoms with Crippen LogP contribution in [0.4, 0.5) is 4.39 Å². The van der Waals surface area contributed by atoms with Gasteiger partial charge in [0.15, 0.2) is 6.61 Å². The second-order valence-corrected chi connectivity index (χ2v) is 4.21. The third-order valence-electron chi connectivity index (χ3n) is 2.63. The van der Waals surface area contributed by atoms with Crippen molar-refractivity contribution in [1.82, 2.24) is 4.90 Å². The van der Waals surface area contributed by atoms with Crippen molar-refractivity contribution in [2.75, 3.05) is 19.7 Å². The first-order valence-corrected chi connectivity index (χ1v) is 6.12. The van der Waals surface area contributed by atoms with Gasteiger partial charge in [0.1, 0.15) is 11.6 Å². The molecule has 0 unspecified atom stereocenters. The Morgan fingerprint density at radius 3 is 2.63 bits per heavy atom. The number of carbonyl (C=O) groups excluding carboxylic acids is 1. The number of hydrogen-bond donors (Lipinski definition) is 0. The molecule has 0 aromatic heterocycles. The Kier molecular flexibility index (Phi) is 5.80. The molecule has 5 heteroatoms. The third kappa shape index (κ3) is 4.96. The van der Waals surface area contributed by atoms with Gasteiger partial charge in [-0.25, -0.2) is 4.39 Å². The molecule has 0 fully saturated rings. The second-order valence-electron chi connectivity index (χ2n) is 4.21. The Bertz CT molecular complexity index is 454. The molecule has 0 bridgehead atoms. The van der Waals surface area contributed by atoms with Gasteiger partial charge in [-0.3, -0.25) is 4.79 Å². The molecule has 0 aliphatic carbocycles. The lowest BCUT2D eigenvalue weighted by Gasteiger charge is -2.21. The molecule has 1 amide bonds. The Morgan fingerprint density at radius 2 is 2.11 bits per heavy atom. The zero-order valence-corrected chi connectivity index (χ0v) is 11.1. The van der Waals surface area contributed by atoms with Crippen molar-refractivity contribution < 1.29 is 13.9 Å². The molecule has 0 aliphatic rings. The number of nitriles is 1. The van der Waals surface area contributed by atoms with Crippen molar-refractivity contribution in [3.63, 3.8) is 0 Å². The molecule has 1 atom stereocenters. The van der Waals surface area contributed by atoms with Gasteiger partial charge in [-0.1, -0.05) is 0 Å². The van der Waals surface area contributed by atoms with E-state index in [-0.39, 0.29) is 24.2 Å². The smallest absolute Gasteiger partial charge is 0.260 e. The number of ether oxygens (including phenoxy) is 1. The van der Waals surface area contributed by atoms with Crippen LogP contribution in [-0.2, 0) is 4.79 Å². The molecule has 0 spiro atoms. The maximum atomic E-state index is 12.7. The third-order valence-corrected chi connectivity index (χ3v) is 2.63. The van der Waals surface area contributed by atoms with Crippen molar-refractivity contribution in [1.29, 1.82) is 5.26 Å².